The van der Waals surface area contributed by atoms with E-state index in [2.05, 4.69) is 0 Å². The first-order valence-electron chi connectivity index (χ1n) is 3.65. The molecule has 1 aromatic carbocycles. The first-order chi connectivity index (χ1) is 5.65. The lowest BCUT2D eigenvalue weighted by atomic mass is 10.1. The molecule has 0 unspecified atom stereocenters. The van der Waals surface area contributed by atoms with E-state index in [9.17, 15) is 9.50 Å². The van der Waals surface area contributed by atoms with Crippen LogP contribution in [0.25, 0.3) is 0 Å². The summed E-state index contributed by atoms with van der Waals surface area (Å²) in [6.45, 7) is 1.79. The highest BCUT2D eigenvalue weighted by atomic mass is 35.5. The molecule has 1 nitrogen and oxygen atoms in total. The molecule has 0 amide bonds. The van der Waals surface area contributed by atoms with E-state index in [4.69, 9.17) is 11.6 Å². The number of aliphatic hydroxyl groups excluding tert-OH is 1. The molecule has 0 radical (unpaired) electrons. The molecule has 0 saturated carbocycles. The summed E-state index contributed by atoms with van der Waals surface area (Å²) in [7, 11) is 0. The molecule has 0 aliphatic carbocycles. The highest BCUT2D eigenvalue weighted by molar-refractivity contribution is 6.18. The van der Waals surface area contributed by atoms with E-state index in [1.165, 1.54) is 6.07 Å². The van der Waals surface area contributed by atoms with Crippen LogP contribution in [-0.4, -0.2) is 11.0 Å². The van der Waals surface area contributed by atoms with Gasteiger partial charge in [-0.3, -0.25) is 0 Å². The second-order valence-corrected chi connectivity index (χ2v) is 3.00. The molecule has 0 aliphatic rings. The monoisotopic (exact) mass is 188 g/mol. The minimum absolute atomic E-state index is 0.0139. The Hall–Kier alpha value is -0.600. The zero-order valence-corrected chi connectivity index (χ0v) is 7.48. The Kier molecular flexibility index (Phi) is 3.06. The van der Waals surface area contributed by atoms with E-state index in [-0.39, 0.29) is 11.4 Å². The smallest absolute Gasteiger partial charge is 0.129 e. The summed E-state index contributed by atoms with van der Waals surface area (Å²) in [5, 5.41) is 9.23. The van der Waals surface area contributed by atoms with Crippen molar-refractivity contribution in [3.05, 3.63) is 35.1 Å². The molecular formula is C9H10ClFO. The molecule has 0 spiro atoms. The van der Waals surface area contributed by atoms with E-state index < -0.39 is 11.9 Å². The Balaban J connectivity index is 3.01. The van der Waals surface area contributed by atoms with Gasteiger partial charge in [-0.05, 0) is 18.6 Å². The fourth-order valence-corrected chi connectivity index (χ4v) is 1.15. The van der Waals surface area contributed by atoms with Gasteiger partial charge in [0.25, 0.3) is 0 Å². The highest BCUT2D eigenvalue weighted by Crippen LogP contribution is 2.18. The molecule has 0 fully saturated rings. The van der Waals surface area contributed by atoms with Gasteiger partial charge in [-0.25, -0.2) is 4.39 Å². The summed E-state index contributed by atoms with van der Waals surface area (Å²) in [6.07, 6.45) is -0.910. The molecule has 0 bridgehead atoms. The zero-order chi connectivity index (χ0) is 9.14. The van der Waals surface area contributed by atoms with Crippen molar-refractivity contribution in [3.8, 4) is 0 Å². The predicted octanol–water partition coefficient (Wildman–Crippen LogP) is 2.41. The standard InChI is InChI=1S/C9H10ClFO/c1-6-2-3-7(8(11)4-6)9(12)5-10/h2-4,9,12H,5H2,1H3/t9-/m1/s1. The van der Waals surface area contributed by atoms with Crippen LogP contribution in [0.15, 0.2) is 18.2 Å². The van der Waals surface area contributed by atoms with Gasteiger partial charge in [0.1, 0.15) is 5.82 Å². The molecule has 0 aliphatic heterocycles. The van der Waals surface area contributed by atoms with E-state index >= 15 is 0 Å². The lowest BCUT2D eigenvalue weighted by Gasteiger charge is -2.08. The van der Waals surface area contributed by atoms with Crippen LogP contribution in [0, 0.1) is 12.7 Å². The maximum atomic E-state index is 13.1. The highest BCUT2D eigenvalue weighted by Gasteiger charge is 2.10. The van der Waals surface area contributed by atoms with Gasteiger partial charge in [-0.2, -0.15) is 0 Å². The van der Waals surface area contributed by atoms with Crippen LogP contribution in [0.1, 0.15) is 17.2 Å². The average molecular weight is 189 g/mol. The maximum Gasteiger partial charge on any atom is 0.129 e. The van der Waals surface area contributed by atoms with Gasteiger partial charge in [0.05, 0.1) is 12.0 Å². The van der Waals surface area contributed by atoms with Crippen LogP contribution in [0.4, 0.5) is 4.39 Å². The minimum atomic E-state index is -0.910. The van der Waals surface area contributed by atoms with E-state index in [1.54, 1.807) is 19.1 Å². The fourth-order valence-electron chi connectivity index (χ4n) is 0.986. The lowest BCUT2D eigenvalue weighted by molar-refractivity contribution is 0.197. The minimum Gasteiger partial charge on any atom is -0.387 e. The molecule has 12 heavy (non-hydrogen) atoms. The topological polar surface area (TPSA) is 20.2 Å². The maximum absolute atomic E-state index is 13.1. The second-order valence-electron chi connectivity index (χ2n) is 2.70. The van der Waals surface area contributed by atoms with Gasteiger partial charge >= 0.3 is 0 Å². The summed E-state index contributed by atoms with van der Waals surface area (Å²) in [5.74, 6) is -0.386. The summed E-state index contributed by atoms with van der Waals surface area (Å²) in [4.78, 5) is 0. The number of benzene rings is 1. The van der Waals surface area contributed by atoms with Crippen molar-refractivity contribution in [2.75, 3.05) is 5.88 Å². The molecule has 1 aromatic rings. The van der Waals surface area contributed by atoms with Crippen LogP contribution in [0.2, 0.25) is 0 Å². The largest absolute Gasteiger partial charge is 0.387 e. The first-order valence-corrected chi connectivity index (χ1v) is 4.18. The van der Waals surface area contributed by atoms with Crippen molar-refractivity contribution in [2.45, 2.75) is 13.0 Å². The summed E-state index contributed by atoms with van der Waals surface area (Å²) >= 11 is 5.38. The lowest BCUT2D eigenvalue weighted by Crippen LogP contribution is -2.01. The molecule has 0 heterocycles. The third kappa shape index (κ3) is 1.96. The van der Waals surface area contributed by atoms with Gasteiger partial charge < -0.3 is 5.11 Å². The van der Waals surface area contributed by atoms with Gasteiger partial charge in [-0.15, -0.1) is 11.6 Å². The number of halogens is 2. The number of alkyl halides is 1. The summed E-state index contributed by atoms with van der Waals surface area (Å²) in [5.41, 5.74) is 1.09. The Morgan fingerprint density at radius 3 is 2.75 bits per heavy atom. The number of hydrogen-bond acceptors (Lipinski definition) is 1. The Labute approximate surface area is 75.8 Å². The van der Waals surface area contributed by atoms with E-state index in [0.29, 0.717) is 0 Å². The molecule has 0 saturated heterocycles. The average Bonchev–Trinajstić information content (AvgIpc) is 2.03. The Morgan fingerprint density at radius 2 is 2.25 bits per heavy atom. The Morgan fingerprint density at radius 1 is 1.58 bits per heavy atom. The molecule has 66 valence electrons. The van der Waals surface area contributed by atoms with E-state index in [0.717, 1.165) is 5.56 Å². The zero-order valence-electron chi connectivity index (χ0n) is 6.72. The molecule has 1 atom stereocenters. The fraction of sp³-hybridized carbons (Fsp3) is 0.333. The van der Waals surface area contributed by atoms with Crippen molar-refractivity contribution in [1.29, 1.82) is 0 Å². The van der Waals surface area contributed by atoms with Crippen LogP contribution >= 0.6 is 11.6 Å². The molecule has 1 rings (SSSR count). The Bertz CT molecular complexity index is 275. The van der Waals surface area contributed by atoms with Crippen molar-refractivity contribution in [1.82, 2.24) is 0 Å². The number of rotatable bonds is 2. The number of aryl methyl sites for hydroxylation is 1. The van der Waals surface area contributed by atoms with Crippen molar-refractivity contribution >= 4 is 11.6 Å². The quantitative estimate of drug-likeness (QED) is 0.707. The number of aliphatic hydroxyl groups is 1. The molecular weight excluding hydrogens is 179 g/mol. The van der Waals surface area contributed by atoms with Gasteiger partial charge in [0, 0.05) is 5.56 Å². The predicted molar refractivity (Wildman–Crippen MR) is 46.8 cm³/mol. The summed E-state index contributed by atoms with van der Waals surface area (Å²) < 4.78 is 13.1. The van der Waals surface area contributed by atoms with Crippen LogP contribution in [0.5, 0.6) is 0 Å². The van der Waals surface area contributed by atoms with Gasteiger partial charge in [-0.1, -0.05) is 12.1 Å². The molecule has 0 aromatic heterocycles. The number of hydrogen-bond donors (Lipinski definition) is 1. The van der Waals surface area contributed by atoms with E-state index in [1.807, 2.05) is 0 Å². The molecule has 3 heteroatoms. The normalized spacial score (nSPS) is 13.0. The molecule has 1 N–H and O–H groups in total. The third-order valence-electron chi connectivity index (χ3n) is 1.66. The van der Waals surface area contributed by atoms with Crippen molar-refractivity contribution < 1.29 is 9.50 Å². The van der Waals surface area contributed by atoms with Gasteiger partial charge in [0.2, 0.25) is 0 Å². The van der Waals surface area contributed by atoms with Crippen LogP contribution < -0.4 is 0 Å². The van der Waals surface area contributed by atoms with Crippen molar-refractivity contribution in [2.24, 2.45) is 0 Å². The van der Waals surface area contributed by atoms with Crippen LogP contribution in [0.3, 0.4) is 0 Å². The van der Waals surface area contributed by atoms with Crippen LogP contribution in [-0.2, 0) is 0 Å². The second kappa shape index (κ2) is 3.87. The SMILES string of the molecule is Cc1ccc([C@H](O)CCl)c(F)c1. The first kappa shape index (κ1) is 9.49. The summed E-state index contributed by atoms with van der Waals surface area (Å²) in [6, 6.07) is 4.68. The van der Waals surface area contributed by atoms with Gasteiger partial charge in [0.15, 0.2) is 0 Å². The van der Waals surface area contributed by atoms with Crippen molar-refractivity contribution in [3.63, 3.8) is 0 Å². The third-order valence-corrected chi connectivity index (χ3v) is 1.95.